The van der Waals surface area contributed by atoms with Crippen molar-refractivity contribution in [3.05, 3.63) is 59.4 Å². The summed E-state index contributed by atoms with van der Waals surface area (Å²) >= 11 is 0. The van der Waals surface area contributed by atoms with E-state index in [0.29, 0.717) is 24.9 Å². The third kappa shape index (κ3) is 4.23. The van der Waals surface area contributed by atoms with Crippen LogP contribution in [0, 0.1) is 17.5 Å². The maximum absolute atomic E-state index is 13.6. The van der Waals surface area contributed by atoms with Crippen molar-refractivity contribution in [2.24, 2.45) is 0 Å². The number of benzene rings is 2. The monoisotopic (exact) mass is 324 g/mol. The van der Waals surface area contributed by atoms with Crippen LogP contribution in [0.1, 0.15) is 10.4 Å². The fourth-order valence-electron chi connectivity index (χ4n) is 1.87. The van der Waals surface area contributed by atoms with Crippen LogP contribution in [0.4, 0.5) is 24.5 Å². The molecule has 0 saturated carbocycles. The molecule has 23 heavy (non-hydrogen) atoms. The number of halogens is 3. The first-order valence-electron chi connectivity index (χ1n) is 6.80. The maximum Gasteiger partial charge on any atom is 0.258 e. The van der Waals surface area contributed by atoms with Crippen LogP contribution in [-0.2, 0) is 4.74 Å². The molecule has 0 unspecified atom stereocenters. The van der Waals surface area contributed by atoms with Gasteiger partial charge < -0.3 is 15.4 Å². The van der Waals surface area contributed by atoms with Gasteiger partial charge in [-0.25, -0.2) is 13.2 Å². The second-order valence-corrected chi connectivity index (χ2v) is 4.67. The predicted molar refractivity (Wildman–Crippen MR) is 81.1 cm³/mol. The summed E-state index contributed by atoms with van der Waals surface area (Å²) in [4.78, 5) is 11.9. The highest BCUT2D eigenvalue weighted by Crippen LogP contribution is 2.18. The fraction of sp³-hybridized carbons (Fsp3) is 0.188. The van der Waals surface area contributed by atoms with Gasteiger partial charge in [0.05, 0.1) is 12.2 Å². The predicted octanol–water partition coefficient (Wildman–Crippen LogP) is 3.41. The molecule has 0 saturated heterocycles. The lowest BCUT2D eigenvalue weighted by atomic mass is 10.1. The van der Waals surface area contributed by atoms with Gasteiger partial charge in [-0.05, 0) is 36.4 Å². The standard InChI is InChI=1S/C16H15F3N2O2/c1-23-9-8-20-10-2-4-11(5-3-10)21-16(22)12-6-7-13(17)15(19)14(12)18/h2-7,20H,8-9H2,1H3,(H,21,22). The molecule has 0 heterocycles. The zero-order valence-electron chi connectivity index (χ0n) is 12.3. The molecule has 0 spiro atoms. The van der Waals surface area contributed by atoms with Crippen LogP contribution in [0.15, 0.2) is 36.4 Å². The molecule has 0 aliphatic rings. The van der Waals surface area contributed by atoms with Gasteiger partial charge >= 0.3 is 0 Å². The maximum atomic E-state index is 13.6. The Balaban J connectivity index is 2.04. The number of carbonyl (C=O) groups excluding carboxylic acids is 1. The quantitative estimate of drug-likeness (QED) is 0.632. The lowest BCUT2D eigenvalue weighted by Crippen LogP contribution is -2.15. The van der Waals surface area contributed by atoms with Crippen molar-refractivity contribution in [3.63, 3.8) is 0 Å². The van der Waals surface area contributed by atoms with Gasteiger partial charge in [-0.2, -0.15) is 0 Å². The van der Waals surface area contributed by atoms with Gasteiger partial charge in [-0.1, -0.05) is 0 Å². The van der Waals surface area contributed by atoms with E-state index in [1.54, 1.807) is 31.4 Å². The number of hydrogen-bond acceptors (Lipinski definition) is 3. The van der Waals surface area contributed by atoms with E-state index >= 15 is 0 Å². The molecule has 0 atom stereocenters. The highest BCUT2D eigenvalue weighted by molar-refractivity contribution is 6.04. The minimum Gasteiger partial charge on any atom is -0.383 e. The smallest absolute Gasteiger partial charge is 0.258 e. The Labute approximate surface area is 131 Å². The van der Waals surface area contributed by atoms with E-state index < -0.39 is 28.9 Å². The van der Waals surface area contributed by atoms with Crippen molar-refractivity contribution in [1.82, 2.24) is 0 Å². The highest BCUT2D eigenvalue weighted by atomic mass is 19.2. The number of amides is 1. The Hall–Kier alpha value is -2.54. The number of rotatable bonds is 6. The summed E-state index contributed by atoms with van der Waals surface area (Å²) in [6, 6.07) is 8.23. The molecule has 1 amide bonds. The van der Waals surface area contributed by atoms with Crippen LogP contribution in [0.5, 0.6) is 0 Å². The van der Waals surface area contributed by atoms with Gasteiger partial charge in [0.15, 0.2) is 17.5 Å². The lowest BCUT2D eigenvalue weighted by molar-refractivity contribution is 0.102. The molecule has 4 nitrogen and oxygen atoms in total. The molecule has 122 valence electrons. The van der Waals surface area contributed by atoms with Crippen molar-refractivity contribution >= 4 is 17.3 Å². The molecule has 0 fully saturated rings. The SMILES string of the molecule is COCCNc1ccc(NC(=O)c2ccc(F)c(F)c2F)cc1. The second-order valence-electron chi connectivity index (χ2n) is 4.67. The number of carbonyl (C=O) groups is 1. The minimum atomic E-state index is -1.67. The van der Waals surface area contributed by atoms with Crippen molar-refractivity contribution in [1.29, 1.82) is 0 Å². The number of anilines is 2. The topological polar surface area (TPSA) is 50.4 Å². The van der Waals surface area contributed by atoms with Crippen LogP contribution in [-0.4, -0.2) is 26.2 Å². The third-order valence-electron chi connectivity index (χ3n) is 3.06. The van der Waals surface area contributed by atoms with E-state index in [4.69, 9.17) is 4.74 Å². The molecule has 0 aliphatic heterocycles. The lowest BCUT2D eigenvalue weighted by Gasteiger charge is -2.09. The number of ether oxygens (including phenoxy) is 1. The van der Waals surface area contributed by atoms with E-state index in [-0.39, 0.29) is 0 Å². The van der Waals surface area contributed by atoms with Crippen LogP contribution in [0.25, 0.3) is 0 Å². The first-order valence-corrected chi connectivity index (χ1v) is 6.80. The average Bonchev–Trinajstić information content (AvgIpc) is 2.54. The van der Waals surface area contributed by atoms with Crippen LogP contribution in [0.2, 0.25) is 0 Å². The van der Waals surface area contributed by atoms with E-state index in [1.807, 2.05) is 0 Å². The molecule has 2 aromatic rings. The van der Waals surface area contributed by atoms with Crippen molar-refractivity contribution in [2.75, 3.05) is 30.9 Å². The summed E-state index contributed by atoms with van der Waals surface area (Å²) in [6.45, 7) is 1.18. The average molecular weight is 324 g/mol. The van der Waals surface area contributed by atoms with Gasteiger partial charge in [-0.3, -0.25) is 4.79 Å². The zero-order valence-corrected chi connectivity index (χ0v) is 12.3. The summed E-state index contributed by atoms with van der Waals surface area (Å²) < 4.78 is 44.5. The Morgan fingerprint density at radius 1 is 1.00 bits per heavy atom. The third-order valence-corrected chi connectivity index (χ3v) is 3.06. The normalized spacial score (nSPS) is 10.4. The molecule has 0 aliphatic carbocycles. The van der Waals surface area contributed by atoms with Crippen LogP contribution >= 0.6 is 0 Å². The molecule has 0 radical (unpaired) electrons. The van der Waals surface area contributed by atoms with Gasteiger partial charge in [0.25, 0.3) is 5.91 Å². The molecule has 2 aromatic carbocycles. The molecule has 7 heteroatoms. The zero-order chi connectivity index (χ0) is 16.8. The summed E-state index contributed by atoms with van der Waals surface area (Å²) in [6.07, 6.45) is 0. The summed E-state index contributed by atoms with van der Waals surface area (Å²) in [5, 5.41) is 5.51. The van der Waals surface area contributed by atoms with E-state index in [1.165, 1.54) is 0 Å². The summed E-state index contributed by atoms with van der Waals surface area (Å²) in [5.41, 5.74) is 0.654. The summed E-state index contributed by atoms with van der Waals surface area (Å²) in [7, 11) is 1.59. The number of hydrogen-bond donors (Lipinski definition) is 2. The Kier molecular flexibility index (Phi) is 5.59. The van der Waals surface area contributed by atoms with Gasteiger partial charge in [0.2, 0.25) is 0 Å². The highest BCUT2D eigenvalue weighted by Gasteiger charge is 2.18. The molecular weight excluding hydrogens is 309 g/mol. The van der Waals surface area contributed by atoms with Gasteiger partial charge in [-0.15, -0.1) is 0 Å². The van der Waals surface area contributed by atoms with Crippen LogP contribution < -0.4 is 10.6 Å². The first-order chi connectivity index (χ1) is 11.0. The Morgan fingerprint density at radius 2 is 1.65 bits per heavy atom. The van der Waals surface area contributed by atoms with Crippen LogP contribution in [0.3, 0.4) is 0 Å². The molecule has 0 aromatic heterocycles. The van der Waals surface area contributed by atoms with E-state index in [0.717, 1.165) is 11.8 Å². The van der Waals surface area contributed by atoms with Crippen molar-refractivity contribution < 1.29 is 22.7 Å². The van der Waals surface area contributed by atoms with Gasteiger partial charge in [0.1, 0.15) is 0 Å². The van der Waals surface area contributed by atoms with Crippen molar-refractivity contribution in [2.45, 2.75) is 0 Å². The van der Waals surface area contributed by atoms with E-state index in [2.05, 4.69) is 10.6 Å². The number of nitrogens with one attached hydrogen (secondary N) is 2. The second kappa shape index (κ2) is 7.64. The van der Waals surface area contributed by atoms with E-state index in [9.17, 15) is 18.0 Å². The molecule has 2 N–H and O–H groups in total. The first kappa shape index (κ1) is 16.8. The molecule has 0 bridgehead atoms. The fourth-order valence-corrected chi connectivity index (χ4v) is 1.87. The van der Waals surface area contributed by atoms with Crippen molar-refractivity contribution in [3.8, 4) is 0 Å². The summed E-state index contributed by atoms with van der Waals surface area (Å²) in [5.74, 6) is -5.39. The largest absolute Gasteiger partial charge is 0.383 e. The minimum absolute atomic E-state index is 0.399. The number of methoxy groups -OCH3 is 1. The molecular formula is C16H15F3N2O2. The van der Waals surface area contributed by atoms with Gasteiger partial charge in [0, 0.05) is 25.0 Å². The molecule has 2 rings (SSSR count). The Bertz CT molecular complexity index is 690. The Morgan fingerprint density at radius 3 is 2.30 bits per heavy atom.